The van der Waals surface area contributed by atoms with Crippen molar-refractivity contribution in [1.82, 2.24) is 0 Å². The van der Waals surface area contributed by atoms with Gasteiger partial charge in [0.05, 0.1) is 0 Å². The Labute approximate surface area is 123 Å². The first-order chi connectivity index (χ1) is 9.42. The predicted octanol–water partition coefficient (Wildman–Crippen LogP) is 4.82. The van der Waals surface area contributed by atoms with Crippen molar-refractivity contribution in [3.63, 3.8) is 0 Å². The fourth-order valence-electron chi connectivity index (χ4n) is 3.57. The Morgan fingerprint density at radius 3 is 2.25 bits per heavy atom. The summed E-state index contributed by atoms with van der Waals surface area (Å²) in [5.41, 5.74) is 2.82. The number of benzene rings is 1. The number of hydrogen-bond donors (Lipinski definition) is 0. The molecule has 1 nitrogen and oxygen atoms in total. The highest BCUT2D eigenvalue weighted by molar-refractivity contribution is 5.82. The summed E-state index contributed by atoms with van der Waals surface area (Å²) in [5, 5.41) is 0. The molecule has 0 radical (unpaired) electrons. The lowest BCUT2D eigenvalue weighted by atomic mass is 9.66. The molecule has 1 fully saturated rings. The van der Waals surface area contributed by atoms with Crippen LogP contribution in [0.3, 0.4) is 0 Å². The topological polar surface area (TPSA) is 17.1 Å². The molecule has 1 heteroatoms. The van der Waals surface area contributed by atoms with Crippen LogP contribution < -0.4 is 0 Å². The van der Waals surface area contributed by atoms with Crippen LogP contribution in [0.4, 0.5) is 0 Å². The Bertz CT molecular complexity index is 455. The normalized spacial score (nSPS) is 23.9. The third kappa shape index (κ3) is 3.50. The van der Waals surface area contributed by atoms with Crippen molar-refractivity contribution < 1.29 is 4.79 Å². The maximum Gasteiger partial charge on any atom is 0.136 e. The van der Waals surface area contributed by atoms with Crippen LogP contribution in [-0.4, -0.2) is 5.78 Å². The van der Waals surface area contributed by atoms with Crippen LogP contribution in [0.15, 0.2) is 24.3 Å². The zero-order valence-corrected chi connectivity index (χ0v) is 13.4. The molecular weight excluding hydrogens is 244 g/mol. The van der Waals surface area contributed by atoms with E-state index < -0.39 is 0 Å². The molecule has 1 aliphatic carbocycles. The standard InChI is InChI=1S/C19H28O/c1-5-15-7-9-16(10-8-15)13-19(3,4)17-11-6-14(2)12-18(17)20/h7-10,14,17H,5-6,11-13H2,1-4H3. The molecule has 0 spiro atoms. The number of ketones is 1. The molecule has 0 heterocycles. The van der Waals surface area contributed by atoms with E-state index in [1.807, 2.05) is 0 Å². The maximum atomic E-state index is 12.3. The van der Waals surface area contributed by atoms with E-state index >= 15 is 0 Å². The van der Waals surface area contributed by atoms with Crippen molar-refractivity contribution in [3.05, 3.63) is 35.4 Å². The average molecular weight is 272 g/mol. The van der Waals surface area contributed by atoms with Crippen molar-refractivity contribution in [2.24, 2.45) is 17.3 Å². The third-order valence-electron chi connectivity index (χ3n) is 4.92. The van der Waals surface area contributed by atoms with Crippen molar-refractivity contribution in [2.75, 3.05) is 0 Å². The number of carbonyl (C=O) groups is 1. The zero-order chi connectivity index (χ0) is 14.8. The van der Waals surface area contributed by atoms with E-state index in [0.717, 1.165) is 25.7 Å². The molecule has 0 aromatic heterocycles. The van der Waals surface area contributed by atoms with Crippen molar-refractivity contribution in [2.45, 2.75) is 59.8 Å². The lowest BCUT2D eigenvalue weighted by molar-refractivity contribution is -0.129. The maximum absolute atomic E-state index is 12.3. The van der Waals surface area contributed by atoms with Gasteiger partial charge in [0.2, 0.25) is 0 Å². The Kier molecular flexibility index (Phi) is 4.67. The van der Waals surface area contributed by atoms with Gasteiger partial charge in [0, 0.05) is 12.3 Å². The second kappa shape index (κ2) is 6.11. The SMILES string of the molecule is CCc1ccc(CC(C)(C)C2CCC(C)CC2=O)cc1. The first-order valence-electron chi connectivity index (χ1n) is 8.03. The summed E-state index contributed by atoms with van der Waals surface area (Å²) in [6.45, 7) is 8.91. The Balaban J connectivity index is 2.07. The molecule has 20 heavy (non-hydrogen) atoms. The van der Waals surface area contributed by atoms with E-state index in [-0.39, 0.29) is 11.3 Å². The van der Waals surface area contributed by atoms with Gasteiger partial charge >= 0.3 is 0 Å². The molecule has 1 saturated carbocycles. The molecule has 2 atom stereocenters. The van der Waals surface area contributed by atoms with Crippen molar-refractivity contribution in [1.29, 1.82) is 0 Å². The lowest BCUT2D eigenvalue weighted by Crippen LogP contribution is -2.36. The quantitative estimate of drug-likeness (QED) is 0.767. The van der Waals surface area contributed by atoms with Gasteiger partial charge in [-0.1, -0.05) is 52.0 Å². The number of carbonyl (C=O) groups excluding carboxylic acids is 1. The minimum atomic E-state index is 0.0744. The minimum Gasteiger partial charge on any atom is -0.299 e. The molecule has 1 aromatic rings. The summed E-state index contributed by atoms with van der Waals surface area (Å²) in [7, 11) is 0. The summed E-state index contributed by atoms with van der Waals surface area (Å²) in [6, 6.07) is 8.90. The molecule has 0 amide bonds. The molecule has 2 rings (SSSR count). The zero-order valence-electron chi connectivity index (χ0n) is 13.4. The molecule has 1 aliphatic rings. The van der Waals surface area contributed by atoms with Crippen LogP contribution in [0.1, 0.15) is 58.1 Å². The number of aryl methyl sites for hydroxylation is 1. The Morgan fingerprint density at radius 2 is 1.70 bits per heavy atom. The second-order valence-electron chi connectivity index (χ2n) is 7.24. The van der Waals surface area contributed by atoms with Crippen LogP contribution in [0.25, 0.3) is 0 Å². The molecule has 0 saturated heterocycles. The van der Waals surface area contributed by atoms with Crippen molar-refractivity contribution >= 4 is 5.78 Å². The van der Waals surface area contributed by atoms with Gasteiger partial charge in [-0.2, -0.15) is 0 Å². The fraction of sp³-hybridized carbons (Fsp3) is 0.632. The van der Waals surface area contributed by atoms with Gasteiger partial charge in [-0.15, -0.1) is 0 Å². The van der Waals surface area contributed by atoms with E-state index in [9.17, 15) is 4.79 Å². The monoisotopic (exact) mass is 272 g/mol. The summed E-state index contributed by atoms with van der Waals surface area (Å²) >= 11 is 0. The second-order valence-corrected chi connectivity index (χ2v) is 7.24. The van der Waals surface area contributed by atoms with E-state index in [0.29, 0.717) is 11.7 Å². The average Bonchev–Trinajstić information content (AvgIpc) is 2.38. The third-order valence-corrected chi connectivity index (χ3v) is 4.92. The van der Waals surface area contributed by atoms with Gasteiger partial charge in [0.25, 0.3) is 0 Å². The van der Waals surface area contributed by atoms with Gasteiger partial charge < -0.3 is 0 Å². The lowest BCUT2D eigenvalue weighted by Gasteiger charge is -2.37. The van der Waals surface area contributed by atoms with Gasteiger partial charge in [0.15, 0.2) is 0 Å². The van der Waals surface area contributed by atoms with Gasteiger partial charge in [-0.25, -0.2) is 0 Å². The molecule has 2 unspecified atom stereocenters. The predicted molar refractivity (Wildman–Crippen MR) is 84.8 cm³/mol. The summed E-state index contributed by atoms with van der Waals surface area (Å²) in [5.74, 6) is 1.31. The van der Waals surface area contributed by atoms with Crippen LogP contribution in [-0.2, 0) is 17.6 Å². The van der Waals surface area contributed by atoms with E-state index in [2.05, 4.69) is 52.0 Å². The van der Waals surface area contributed by atoms with Crippen LogP contribution >= 0.6 is 0 Å². The first kappa shape index (κ1) is 15.3. The molecule has 0 N–H and O–H groups in total. The number of hydrogen-bond acceptors (Lipinski definition) is 1. The summed E-state index contributed by atoms with van der Waals surface area (Å²) in [4.78, 5) is 12.3. The first-order valence-corrected chi connectivity index (χ1v) is 8.03. The summed E-state index contributed by atoms with van der Waals surface area (Å²) < 4.78 is 0. The van der Waals surface area contributed by atoms with E-state index in [1.165, 1.54) is 17.5 Å². The molecule has 0 bridgehead atoms. The Hall–Kier alpha value is -1.11. The van der Waals surface area contributed by atoms with Crippen LogP contribution in [0.5, 0.6) is 0 Å². The smallest absolute Gasteiger partial charge is 0.136 e. The molecule has 110 valence electrons. The Morgan fingerprint density at radius 1 is 1.10 bits per heavy atom. The van der Waals surface area contributed by atoms with Gasteiger partial charge in [-0.05, 0) is 48.1 Å². The minimum absolute atomic E-state index is 0.0744. The fourth-order valence-corrected chi connectivity index (χ4v) is 3.57. The molecule has 1 aromatic carbocycles. The van der Waals surface area contributed by atoms with Gasteiger partial charge in [-0.3, -0.25) is 4.79 Å². The van der Waals surface area contributed by atoms with Gasteiger partial charge in [0.1, 0.15) is 5.78 Å². The largest absolute Gasteiger partial charge is 0.299 e. The number of rotatable bonds is 4. The van der Waals surface area contributed by atoms with E-state index in [1.54, 1.807) is 0 Å². The van der Waals surface area contributed by atoms with Crippen molar-refractivity contribution in [3.8, 4) is 0 Å². The highest BCUT2D eigenvalue weighted by Crippen LogP contribution is 2.40. The summed E-state index contributed by atoms with van der Waals surface area (Å²) in [6.07, 6.45) is 5.14. The van der Waals surface area contributed by atoms with E-state index in [4.69, 9.17) is 0 Å². The van der Waals surface area contributed by atoms with Crippen LogP contribution in [0, 0.1) is 17.3 Å². The molecule has 0 aliphatic heterocycles. The van der Waals surface area contributed by atoms with Crippen LogP contribution in [0.2, 0.25) is 0 Å². The molecular formula is C19H28O. The highest BCUT2D eigenvalue weighted by Gasteiger charge is 2.37. The highest BCUT2D eigenvalue weighted by atomic mass is 16.1. The number of Topliss-reactive ketones (excluding diaryl/α,β-unsaturated/α-hetero) is 1.